The van der Waals surface area contributed by atoms with E-state index in [0.717, 1.165) is 22.5 Å². The molecule has 0 aliphatic carbocycles. The number of nitrogens with zero attached hydrogens (tertiary/aromatic N) is 5. The van der Waals surface area contributed by atoms with E-state index < -0.39 is 0 Å². The summed E-state index contributed by atoms with van der Waals surface area (Å²) in [6.07, 6.45) is 0.683. The van der Waals surface area contributed by atoms with E-state index in [-0.39, 0.29) is 23.8 Å². The summed E-state index contributed by atoms with van der Waals surface area (Å²) in [4.78, 5) is 53.4. The molecule has 2 aromatic carbocycles. The molecule has 3 heterocycles. The van der Waals surface area contributed by atoms with Crippen molar-refractivity contribution in [3.05, 3.63) is 64.8 Å². The number of fused-ring (bicyclic) bond motifs is 2. The van der Waals surface area contributed by atoms with Crippen LogP contribution in [0, 0.1) is 6.92 Å². The molecule has 1 unspecified atom stereocenters. The van der Waals surface area contributed by atoms with Gasteiger partial charge in [-0.3, -0.25) is 19.3 Å². The SMILES string of the molecule is CCC(C)N1C(=O)c2ccc(C(=O)N3CCN(c4nc5ccccc5nc4C)CC3)cc2C1=O. The molecular weight excluding hydrogens is 430 g/mol. The van der Waals surface area contributed by atoms with Crippen LogP contribution in [0.4, 0.5) is 5.82 Å². The summed E-state index contributed by atoms with van der Waals surface area (Å²) < 4.78 is 0. The fourth-order valence-electron chi connectivity index (χ4n) is 4.66. The first-order valence-corrected chi connectivity index (χ1v) is 11.7. The van der Waals surface area contributed by atoms with E-state index in [1.165, 1.54) is 4.90 Å². The van der Waals surface area contributed by atoms with Crippen molar-refractivity contribution in [1.82, 2.24) is 19.8 Å². The van der Waals surface area contributed by atoms with Crippen molar-refractivity contribution in [3.8, 4) is 0 Å². The molecule has 1 saturated heterocycles. The van der Waals surface area contributed by atoms with Gasteiger partial charge in [0.05, 0.1) is 27.9 Å². The number of benzene rings is 2. The van der Waals surface area contributed by atoms with Gasteiger partial charge in [-0.1, -0.05) is 19.1 Å². The highest BCUT2D eigenvalue weighted by atomic mass is 16.2. The number of carbonyl (C=O) groups excluding carboxylic acids is 3. The van der Waals surface area contributed by atoms with Gasteiger partial charge in [0.2, 0.25) is 0 Å². The number of rotatable bonds is 4. The predicted octanol–water partition coefficient (Wildman–Crippen LogP) is 3.30. The van der Waals surface area contributed by atoms with Crippen LogP contribution in [0.25, 0.3) is 11.0 Å². The molecule has 34 heavy (non-hydrogen) atoms. The molecule has 8 nitrogen and oxygen atoms in total. The van der Waals surface area contributed by atoms with E-state index in [4.69, 9.17) is 4.98 Å². The van der Waals surface area contributed by atoms with E-state index in [1.54, 1.807) is 23.1 Å². The van der Waals surface area contributed by atoms with E-state index in [1.807, 2.05) is 45.0 Å². The molecule has 2 aliphatic heterocycles. The number of hydrogen-bond donors (Lipinski definition) is 0. The quantitative estimate of drug-likeness (QED) is 0.559. The Morgan fingerprint density at radius 3 is 2.26 bits per heavy atom. The second kappa shape index (κ2) is 8.52. The number of imide groups is 1. The molecule has 0 N–H and O–H groups in total. The molecule has 0 spiro atoms. The van der Waals surface area contributed by atoms with E-state index in [9.17, 15) is 14.4 Å². The summed E-state index contributed by atoms with van der Waals surface area (Å²) in [5, 5.41) is 0. The molecule has 1 atom stereocenters. The zero-order chi connectivity index (χ0) is 24.0. The van der Waals surface area contributed by atoms with E-state index >= 15 is 0 Å². The lowest BCUT2D eigenvalue weighted by Gasteiger charge is -2.36. The van der Waals surface area contributed by atoms with E-state index in [0.29, 0.717) is 49.3 Å². The van der Waals surface area contributed by atoms with Crippen molar-refractivity contribution < 1.29 is 14.4 Å². The number of amides is 3. The van der Waals surface area contributed by atoms with Crippen LogP contribution in [0.1, 0.15) is 57.0 Å². The zero-order valence-electron chi connectivity index (χ0n) is 19.6. The van der Waals surface area contributed by atoms with Gasteiger partial charge in [0.25, 0.3) is 17.7 Å². The normalized spacial score (nSPS) is 16.9. The minimum absolute atomic E-state index is 0.133. The van der Waals surface area contributed by atoms with Crippen LogP contribution < -0.4 is 4.90 Å². The van der Waals surface area contributed by atoms with Gasteiger partial charge in [0.1, 0.15) is 0 Å². The molecule has 8 heteroatoms. The first kappa shape index (κ1) is 22.0. The van der Waals surface area contributed by atoms with Crippen molar-refractivity contribution >= 4 is 34.6 Å². The number of para-hydroxylation sites is 2. The van der Waals surface area contributed by atoms with Gasteiger partial charge in [-0.05, 0) is 50.6 Å². The molecule has 5 rings (SSSR count). The van der Waals surface area contributed by atoms with Crippen LogP contribution in [0.5, 0.6) is 0 Å². The third-order valence-corrected chi connectivity index (χ3v) is 6.78. The van der Waals surface area contributed by atoms with Crippen molar-refractivity contribution in [2.24, 2.45) is 0 Å². The van der Waals surface area contributed by atoms with E-state index in [2.05, 4.69) is 9.88 Å². The minimum Gasteiger partial charge on any atom is -0.352 e. The fraction of sp³-hybridized carbons (Fsp3) is 0.346. The Bertz CT molecular complexity index is 1310. The van der Waals surface area contributed by atoms with Crippen LogP contribution in [-0.4, -0.2) is 69.7 Å². The van der Waals surface area contributed by atoms with Gasteiger partial charge < -0.3 is 9.80 Å². The topological polar surface area (TPSA) is 86.7 Å². The van der Waals surface area contributed by atoms with Crippen molar-refractivity contribution in [3.63, 3.8) is 0 Å². The Kier molecular flexibility index (Phi) is 5.51. The number of piperazine rings is 1. The van der Waals surface area contributed by atoms with Gasteiger partial charge in [0, 0.05) is 37.8 Å². The maximum atomic E-state index is 13.2. The Morgan fingerprint density at radius 1 is 0.941 bits per heavy atom. The minimum atomic E-state index is -0.320. The molecule has 1 aromatic heterocycles. The first-order chi connectivity index (χ1) is 16.4. The maximum absolute atomic E-state index is 13.2. The van der Waals surface area contributed by atoms with Crippen LogP contribution in [0.3, 0.4) is 0 Å². The molecule has 3 aromatic rings. The Labute approximate surface area is 198 Å². The average molecular weight is 458 g/mol. The lowest BCUT2D eigenvalue weighted by molar-refractivity contribution is 0.0593. The maximum Gasteiger partial charge on any atom is 0.261 e. The van der Waals surface area contributed by atoms with Crippen molar-refractivity contribution in [2.45, 2.75) is 33.2 Å². The first-order valence-electron chi connectivity index (χ1n) is 11.7. The van der Waals surface area contributed by atoms with Gasteiger partial charge >= 0.3 is 0 Å². The highest BCUT2D eigenvalue weighted by Crippen LogP contribution is 2.27. The largest absolute Gasteiger partial charge is 0.352 e. The molecule has 0 bridgehead atoms. The molecule has 3 amide bonds. The number of aryl methyl sites for hydroxylation is 1. The molecule has 0 radical (unpaired) electrons. The lowest BCUT2D eigenvalue weighted by atomic mass is 10.0. The summed E-state index contributed by atoms with van der Waals surface area (Å²) in [5.74, 6) is 0.108. The lowest BCUT2D eigenvalue weighted by Crippen LogP contribution is -2.49. The molecular formula is C26H27N5O3. The van der Waals surface area contributed by atoms with Crippen LogP contribution in [-0.2, 0) is 0 Å². The Balaban J connectivity index is 1.31. The summed E-state index contributed by atoms with van der Waals surface area (Å²) in [7, 11) is 0. The molecule has 1 fully saturated rings. The number of anilines is 1. The highest BCUT2D eigenvalue weighted by Gasteiger charge is 2.38. The Morgan fingerprint density at radius 2 is 1.59 bits per heavy atom. The number of carbonyl (C=O) groups is 3. The summed E-state index contributed by atoms with van der Waals surface area (Å²) >= 11 is 0. The molecule has 2 aliphatic rings. The smallest absolute Gasteiger partial charge is 0.261 e. The van der Waals surface area contributed by atoms with Gasteiger partial charge in [0.15, 0.2) is 5.82 Å². The van der Waals surface area contributed by atoms with Crippen LogP contribution in [0.2, 0.25) is 0 Å². The van der Waals surface area contributed by atoms with Crippen molar-refractivity contribution in [1.29, 1.82) is 0 Å². The standard InChI is InChI=1S/C26H27N5O3/c1-4-16(2)31-25(33)19-10-9-18(15-20(19)26(31)34)24(32)30-13-11-29(12-14-30)23-17(3)27-21-7-5-6-8-22(21)28-23/h5-10,15-16H,4,11-14H2,1-3H3. The third kappa shape index (κ3) is 3.59. The summed E-state index contributed by atoms with van der Waals surface area (Å²) in [5.41, 5.74) is 3.71. The number of aromatic nitrogens is 2. The van der Waals surface area contributed by atoms with Gasteiger partial charge in [-0.15, -0.1) is 0 Å². The van der Waals surface area contributed by atoms with Gasteiger partial charge in [-0.25, -0.2) is 9.97 Å². The highest BCUT2D eigenvalue weighted by molar-refractivity contribution is 6.22. The second-order valence-electron chi connectivity index (χ2n) is 8.90. The Hall–Kier alpha value is -3.81. The number of hydrogen-bond acceptors (Lipinski definition) is 6. The van der Waals surface area contributed by atoms with Crippen LogP contribution in [0.15, 0.2) is 42.5 Å². The van der Waals surface area contributed by atoms with Crippen LogP contribution >= 0.6 is 0 Å². The second-order valence-corrected chi connectivity index (χ2v) is 8.90. The fourth-order valence-corrected chi connectivity index (χ4v) is 4.66. The zero-order valence-corrected chi connectivity index (χ0v) is 19.6. The predicted molar refractivity (Wildman–Crippen MR) is 129 cm³/mol. The summed E-state index contributed by atoms with van der Waals surface area (Å²) in [6.45, 7) is 8.11. The third-order valence-electron chi connectivity index (χ3n) is 6.78. The van der Waals surface area contributed by atoms with Gasteiger partial charge in [-0.2, -0.15) is 0 Å². The molecule has 0 saturated carbocycles. The van der Waals surface area contributed by atoms with Crippen molar-refractivity contribution in [2.75, 3.05) is 31.1 Å². The molecule has 174 valence electrons. The monoisotopic (exact) mass is 457 g/mol. The summed E-state index contributed by atoms with van der Waals surface area (Å²) in [6, 6.07) is 12.5. The average Bonchev–Trinajstić information content (AvgIpc) is 3.12.